The summed E-state index contributed by atoms with van der Waals surface area (Å²) in [6.07, 6.45) is 1.75. The smallest absolute Gasteiger partial charge is 0.466 e. The predicted octanol–water partition coefficient (Wildman–Crippen LogP) is 12.2. The first-order valence-corrected chi connectivity index (χ1v) is 21.7. The molecule has 64 heavy (non-hydrogen) atoms. The van der Waals surface area contributed by atoms with E-state index in [2.05, 4.69) is 206 Å². The maximum absolute atomic E-state index is 6.46. The molecule has 0 spiro atoms. The molecule has 2 aliphatic heterocycles. The molecule has 11 rings (SSSR count). The molecule has 0 amide bonds. The maximum Gasteiger partial charge on any atom is 2.00 e. The average Bonchev–Trinajstić information content (AvgIpc) is 3.69. The summed E-state index contributed by atoms with van der Waals surface area (Å²) >= 11 is 0. The monoisotopic (exact) mass is 1010 g/mol. The van der Waals surface area contributed by atoms with Gasteiger partial charge in [0.25, 0.3) is 0 Å². The van der Waals surface area contributed by atoms with Crippen LogP contribution in [0.5, 0.6) is 11.6 Å². The summed E-state index contributed by atoms with van der Waals surface area (Å²) in [7, 11) is 0. The SMILES string of the molecule is CC(C)(C)c1ccc(N2c3ccc(Oc4ccccn4)[c-]c3B3c4[c-]c(-c5nc6ccccc6n5-c5ccccc5)ccc4N(c4ccc(C(C)(C)C)cc4)c4cccc2c43)cc1.[Pt+2]. The third kappa shape index (κ3) is 7.03. The number of pyridine rings is 1. The Bertz CT molecular complexity index is 3160. The van der Waals surface area contributed by atoms with E-state index in [1.54, 1.807) is 6.20 Å². The second-order valence-electron chi connectivity index (χ2n) is 18.6. The van der Waals surface area contributed by atoms with E-state index in [-0.39, 0.29) is 38.6 Å². The van der Waals surface area contributed by atoms with Crippen molar-refractivity contribution in [3.8, 4) is 28.7 Å². The molecule has 0 unspecified atom stereocenters. The Hall–Kier alpha value is -6.69. The molecule has 314 valence electrons. The summed E-state index contributed by atoms with van der Waals surface area (Å²) in [5, 5.41) is 0. The Morgan fingerprint density at radius 1 is 0.516 bits per heavy atom. The molecule has 2 aliphatic rings. The van der Waals surface area contributed by atoms with Gasteiger partial charge in [0.05, 0.1) is 16.9 Å². The topological polar surface area (TPSA) is 46.4 Å². The third-order valence-electron chi connectivity index (χ3n) is 12.4. The van der Waals surface area contributed by atoms with Gasteiger partial charge in [0.1, 0.15) is 0 Å². The number of para-hydroxylation sites is 3. The zero-order chi connectivity index (χ0) is 43.0. The van der Waals surface area contributed by atoms with Gasteiger partial charge in [0.15, 0.2) is 0 Å². The molecule has 8 heteroatoms. The molecule has 0 fully saturated rings. The largest absolute Gasteiger partial charge is 2.00 e. The fourth-order valence-corrected chi connectivity index (χ4v) is 9.27. The number of ether oxygens (including phenoxy) is 1. The molecule has 2 aromatic heterocycles. The van der Waals surface area contributed by atoms with Crippen LogP contribution in [-0.4, -0.2) is 21.2 Å². The Labute approximate surface area is 390 Å². The Morgan fingerprint density at radius 2 is 1.09 bits per heavy atom. The van der Waals surface area contributed by atoms with Crippen LogP contribution in [-0.2, 0) is 31.9 Å². The van der Waals surface area contributed by atoms with Gasteiger partial charge in [0, 0.05) is 46.4 Å². The molecule has 0 saturated carbocycles. The molecular weight excluding hydrogens is 965 g/mol. The Morgan fingerprint density at radius 3 is 1.70 bits per heavy atom. The number of anilines is 6. The van der Waals surface area contributed by atoms with Crippen molar-refractivity contribution in [2.45, 2.75) is 52.4 Å². The quantitative estimate of drug-likeness (QED) is 0.123. The number of aromatic nitrogens is 3. The van der Waals surface area contributed by atoms with Crippen LogP contribution in [0.4, 0.5) is 34.1 Å². The van der Waals surface area contributed by atoms with E-state index in [9.17, 15) is 0 Å². The normalized spacial score (nSPS) is 12.9. The summed E-state index contributed by atoms with van der Waals surface area (Å²) in [4.78, 5) is 14.6. The second kappa shape index (κ2) is 15.8. The number of benzene rings is 7. The number of hydrogen-bond donors (Lipinski definition) is 0. The van der Waals surface area contributed by atoms with Crippen molar-refractivity contribution >= 4 is 68.3 Å². The van der Waals surface area contributed by atoms with Crippen LogP contribution in [0.15, 0.2) is 170 Å². The van der Waals surface area contributed by atoms with Crippen molar-refractivity contribution in [1.82, 2.24) is 14.5 Å². The van der Waals surface area contributed by atoms with Crippen LogP contribution in [0.25, 0.3) is 28.1 Å². The van der Waals surface area contributed by atoms with Crippen LogP contribution in [0, 0.1) is 12.1 Å². The van der Waals surface area contributed by atoms with Gasteiger partial charge in [-0.3, -0.25) is 4.98 Å². The third-order valence-corrected chi connectivity index (χ3v) is 12.4. The Balaban J connectivity index is 0.00000484. The summed E-state index contributed by atoms with van der Waals surface area (Å²) in [5.74, 6) is 1.95. The minimum atomic E-state index is -0.252. The van der Waals surface area contributed by atoms with Crippen LogP contribution in [0.2, 0.25) is 0 Å². The Kier molecular flexibility index (Phi) is 10.2. The second-order valence-corrected chi connectivity index (χ2v) is 18.6. The van der Waals surface area contributed by atoms with Gasteiger partial charge in [0.2, 0.25) is 12.6 Å². The summed E-state index contributed by atoms with van der Waals surface area (Å²) in [5.41, 5.74) is 16.2. The number of fused-ring (bicyclic) bond motifs is 5. The zero-order valence-electron chi connectivity index (χ0n) is 36.7. The molecule has 6 nitrogen and oxygen atoms in total. The first kappa shape index (κ1) is 41.3. The minimum absolute atomic E-state index is 0. The molecule has 0 atom stereocenters. The molecule has 0 saturated heterocycles. The summed E-state index contributed by atoms with van der Waals surface area (Å²) in [6.45, 7) is 13.3. The number of nitrogens with zero attached hydrogens (tertiary/aromatic N) is 5. The molecule has 4 heterocycles. The van der Waals surface area contributed by atoms with Gasteiger partial charge in [-0.15, -0.1) is 47.4 Å². The minimum Gasteiger partial charge on any atom is -0.466 e. The number of rotatable bonds is 6. The van der Waals surface area contributed by atoms with Gasteiger partial charge in [-0.2, -0.15) is 5.46 Å². The van der Waals surface area contributed by atoms with E-state index in [1.807, 2.05) is 30.3 Å². The molecular formula is C56H46BN5OPt. The van der Waals surface area contributed by atoms with Crippen molar-refractivity contribution in [3.05, 3.63) is 193 Å². The fraction of sp³-hybridized carbons (Fsp3) is 0.143. The van der Waals surface area contributed by atoms with Crippen molar-refractivity contribution in [1.29, 1.82) is 0 Å². The molecule has 7 aromatic carbocycles. The van der Waals surface area contributed by atoms with Crippen molar-refractivity contribution in [2.24, 2.45) is 0 Å². The zero-order valence-corrected chi connectivity index (χ0v) is 39.0. The number of hydrogen-bond acceptors (Lipinski definition) is 5. The molecule has 0 radical (unpaired) electrons. The van der Waals surface area contributed by atoms with E-state index in [1.165, 1.54) is 16.6 Å². The van der Waals surface area contributed by atoms with E-state index in [0.29, 0.717) is 11.6 Å². The molecule has 0 aliphatic carbocycles. The van der Waals surface area contributed by atoms with Gasteiger partial charge in [-0.1, -0.05) is 114 Å². The van der Waals surface area contributed by atoms with E-state index >= 15 is 0 Å². The maximum atomic E-state index is 6.46. The van der Waals surface area contributed by atoms with Gasteiger partial charge < -0.3 is 19.1 Å². The first-order chi connectivity index (χ1) is 30.5. The van der Waals surface area contributed by atoms with E-state index in [4.69, 9.17) is 9.72 Å². The van der Waals surface area contributed by atoms with E-state index < -0.39 is 0 Å². The fourth-order valence-electron chi connectivity index (χ4n) is 9.27. The van der Waals surface area contributed by atoms with Crippen LogP contribution >= 0.6 is 0 Å². The van der Waals surface area contributed by atoms with Crippen molar-refractivity contribution in [2.75, 3.05) is 9.80 Å². The van der Waals surface area contributed by atoms with Crippen LogP contribution in [0.1, 0.15) is 52.7 Å². The molecule has 9 aromatic rings. The average molecular weight is 1010 g/mol. The van der Waals surface area contributed by atoms with Crippen LogP contribution in [0.3, 0.4) is 0 Å². The standard InChI is InChI=1S/C56H46BN5O.Pt/c1-55(2,3)38-23-27-41(28-24-38)60-47-32-22-37(54-59-46-17-10-11-18-49(46)62(54)40-15-8-7-9-16-40)35-44(47)57-45-36-43(63-52-21-12-13-34-58-52)31-33-48(45)61(51-20-14-19-50(60)53(51)57)42-29-25-39(26-30-42)56(4,5)6;/h7-34H,1-6H3;/q-2;+2. The summed E-state index contributed by atoms with van der Waals surface area (Å²) < 4.78 is 8.71. The van der Waals surface area contributed by atoms with Crippen molar-refractivity contribution in [3.63, 3.8) is 0 Å². The first-order valence-electron chi connectivity index (χ1n) is 21.7. The molecule has 0 N–H and O–H groups in total. The number of imidazole rings is 1. The van der Waals surface area contributed by atoms with Crippen molar-refractivity contribution < 1.29 is 25.8 Å². The predicted molar refractivity (Wildman–Crippen MR) is 260 cm³/mol. The van der Waals surface area contributed by atoms with Crippen LogP contribution < -0.4 is 30.9 Å². The molecule has 0 bridgehead atoms. The van der Waals surface area contributed by atoms with Gasteiger partial charge in [-0.25, -0.2) is 4.98 Å². The summed E-state index contributed by atoms with van der Waals surface area (Å²) in [6, 6.07) is 65.8. The van der Waals surface area contributed by atoms with Gasteiger partial charge in [-0.05, 0) is 99.8 Å². The van der Waals surface area contributed by atoms with E-state index in [0.717, 1.165) is 73.2 Å². The van der Waals surface area contributed by atoms with Gasteiger partial charge >= 0.3 is 21.1 Å².